The van der Waals surface area contributed by atoms with Gasteiger partial charge in [-0.3, -0.25) is 0 Å². The molecule has 0 saturated carbocycles. The molecule has 28 rings (SSSR count). The molecule has 20 aromatic rings. The zero-order valence-corrected chi connectivity index (χ0v) is 86.6. The summed E-state index contributed by atoms with van der Waals surface area (Å²) in [7, 11) is 48.0. The minimum atomic E-state index is 0.994. The SMILES string of the molecule is CN(C)C.CN(C)C.CN(C)C.CN(C)C.CN(C)C.CN(C)C.CN(C)C.CN(C)C.c1ccc2c(c1)Cc1c-2ccc2oc3ccc4c(c3c12)Cc1ccccc1-4.c1ccc2c(c1)Cc1c-2ccc2oc3ccc4c(c3c12)Cc1ccccc1-4.c1ccc2c(c1)Cc1c-2ccc2oc3ccc4c(c3c12)Cc1ccccc1-4.c1ccc2c(c1)Cc1ccc3oc4ccc5c(c4c3c1-2)-c1ccccc1C5. The van der Waals surface area contributed by atoms with E-state index in [1.54, 1.807) is 0 Å². The van der Waals surface area contributed by atoms with E-state index in [4.69, 9.17) is 17.7 Å². The first kappa shape index (κ1) is 98.0. The predicted octanol–water partition coefficient (Wildman–Crippen LogP) is 28.3. The average Bonchev–Trinajstić information content (AvgIpc) is 1.60. The summed E-state index contributed by atoms with van der Waals surface area (Å²) in [6.45, 7) is 0. The maximum Gasteiger partial charge on any atom is 0.136 e. The van der Waals surface area contributed by atoms with Crippen LogP contribution in [-0.4, -0.2) is 208 Å². The van der Waals surface area contributed by atoms with E-state index in [9.17, 15) is 0 Å². The maximum atomic E-state index is 6.33. The largest absolute Gasteiger partial charge is 0.456 e. The Hall–Kier alpha value is -13.6. The molecule has 8 aliphatic carbocycles. The van der Waals surface area contributed by atoms with Crippen LogP contribution < -0.4 is 0 Å². The van der Waals surface area contributed by atoms with Crippen LogP contribution in [0, 0.1) is 0 Å². The molecule has 8 aliphatic rings. The van der Waals surface area contributed by atoms with E-state index in [-0.39, 0.29) is 0 Å². The average molecular weight is 1850 g/mol. The van der Waals surface area contributed by atoms with Gasteiger partial charge in [0.2, 0.25) is 0 Å². The van der Waals surface area contributed by atoms with E-state index in [1.165, 1.54) is 221 Å². The molecule has 4 heterocycles. The van der Waals surface area contributed by atoms with Crippen LogP contribution in [0.2, 0.25) is 0 Å². The van der Waals surface area contributed by atoms with Crippen molar-refractivity contribution in [2.24, 2.45) is 0 Å². The molecular weight excluding hydrogens is 1710 g/mol. The fourth-order valence-corrected chi connectivity index (χ4v) is 20.8. The molecule has 0 fully saturated rings. The molecule has 140 heavy (non-hydrogen) atoms. The summed E-state index contributed by atoms with van der Waals surface area (Å²) in [5, 5.41) is 10.5. The Bertz CT molecular complexity index is 6910. The highest BCUT2D eigenvalue weighted by Crippen LogP contribution is 2.55. The summed E-state index contributed by atoms with van der Waals surface area (Å²) in [5.74, 6) is 0. The van der Waals surface area contributed by atoms with Gasteiger partial charge in [-0.15, -0.1) is 0 Å². The van der Waals surface area contributed by atoms with Crippen molar-refractivity contribution in [1.29, 1.82) is 0 Å². The lowest BCUT2D eigenvalue weighted by Crippen LogP contribution is -1.99. The third-order valence-electron chi connectivity index (χ3n) is 25.4. The minimum absolute atomic E-state index is 0.994. The molecule has 0 bridgehead atoms. The molecule has 0 spiro atoms. The van der Waals surface area contributed by atoms with Gasteiger partial charge in [-0.1, -0.05) is 243 Å². The first-order valence-corrected chi connectivity index (χ1v) is 48.9. The topological polar surface area (TPSA) is 78.5 Å². The van der Waals surface area contributed by atoms with Gasteiger partial charge in [0.15, 0.2) is 0 Å². The monoisotopic (exact) mass is 1850 g/mol. The Morgan fingerprint density at radius 3 is 0.436 bits per heavy atom. The van der Waals surface area contributed by atoms with Crippen LogP contribution in [0.1, 0.15) is 89.0 Å². The summed E-state index contributed by atoms with van der Waals surface area (Å²) in [5.41, 5.74) is 52.8. The van der Waals surface area contributed by atoms with Crippen molar-refractivity contribution >= 4 is 87.8 Å². The third-order valence-corrected chi connectivity index (χ3v) is 25.4. The van der Waals surface area contributed by atoms with E-state index >= 15 is 0 Å². The summed E-state index contributed by atoms with van der Waals surface area (Å²) >= 11 is 0. The summed E-state index contributed by atoms with van der Waals surface area (Å²) < 4.78 is 25.2. The van der Waals surface area contributed by atoms with Crippen molar-refractivity contribution in [2.45, 2.75) is 51.4 Å². The molecule has 4 aromatic heterocycles. The molecule has 0 amide bonds. The van der Waals surface area contributed by atoms with Crippen molar-refractivity contribution in [3.8, 4) is 89.0 Å². The van der Waals surface area contributed by atoms with Crippen LogP contribution >= 0.6 is 0 Å². The van der Waals surface area contributed by atoms with E-state index in [0.717, 1.165) is 96.0 Å². The smallest absolute Gasteiger partial charge is 0.136 e. The van der Waals surface area contributed by atoms with Crippen LogP contribution in [0.3, 0.4) is 0 Å². The second kappa shape index (κ2) is 42.2. The van der Waals surface area contributed by atoms with Crippen molar-refractivity contribution in [3.05, 3.63) is 380 Å². The standard InChI is InChI=1S/4C26H16O.8C3H9N/c1-3-7-19-15(5-1)13-17-9-11-21-25(23(17)19)26-22(27-21)12-10-18-14-16-6-2-4-8-20(16)24(18)26;3*1-3-7-17-15(5-1)13-21-19(17)9-11-23-25(21)26-22-14-16-6-2-4-8-18(16)20(22)10-12-24(26)27-23;8*1-4(2)3/h4*1-12H,13-14H2;8*1-3H3. The van der Waals surface area contributed by atoms with Crippen LogP contribution in [0.5, 0.6) is 0 Å². The predicted molar refractivity (Wildman–Crippen MR) is 598 cm³/mol. The van der Waals surface area contributed by atoms with Gasteiger partial charge in [0.1, 0.15) is 44.7 Å². The molecule has 12 heteroatoms. The second-order valence-electron chi connectivity index (χ2n) is 41.5. The Labute approximate surface area is 828 Å². The Morgan fingerprint density at radius 1 is 0.129 bits per heavy atom. The van der Waals surface area contributed by atoms with Crippen molar-refractivity contribution < 1.29 is 17.7 Å². The van der Waals surface area contributed by atoms with E-state index < -0.39 is 0 Å². The number of furan rings is 4. The lowest BCUT2D eigenvalue weighted by Gasteiger charge is -2.07. The molecular formula is C128H136N8O4. The Morgan fingerprint density at radius 2 is 0.264 bits per heavy atom. The van der Waals surface area contributed by atoms with Crippen LogP contribution in [0.15, 0.2) is 309 Å². The second-order valence-corrected chi connectivity index (χ2v) is 41.5. The summed E-state index contributed by atoms with van der Waals surface area (Å²) in [6.07, 6.45) is 7.99. The fraction of sp³-hybridized carbons (Fsp3) is 0.250. The lowest BCUT2D eigenvalue weighted by molar-refractivity contribution is 0.505. The van der Waals surface area contributed by atoms with Gasteiger partial charge in [-0.05, 0) is 447 Å². The molecule has 0 aliphatic heterocycles. The number of nitrogens with zero attached hydrogens (tertiary/aromatic N) is 8. The molecule has 0 atom stereocenters. The van der Waals surface area contributed by atoms with Gasteiger partial charge in [-0.25, -0.2) is 0 Å². The highest BCUT2D eigenvalue weighted by atomic mass is 16.3. The first-order chi connectivity index (χ1) is 67.4. The van der Waals surface area contributed by atoms with Crippen LogP contribution in [-0.2, 0) is 51.4 Å². The number of rotatable bonds is 0. The van der Waals surface area contributed by atoms with Gasteiger partial charge in [0, 0.05) is 43.1 Å². The molecule has 0 unspecified atom stereocenters. The number of fused-ring (bicyclic) bond motifs is 44. The fourth-order valence-electron chi connectivity index (χ4n) is 20.8. The highest BCUT2D eigenvalue weighted by molar-refractivity contribution is 6.22. The molecule has 712 valence electrons. The van der Waals surface area contributed by atoms with Crippen LogP contribution in [0.25, 0.3) is 177 Å². The Balaban J connectivity index is 0.000000117. The van der Waals surface area contributed by atoms with Crippen LogP contribution in [0.4, 0.5) is 0 Å². The number of benzene rings is 16. The van der Waals surface area contributed by atoms with Crippen molar-refractivity contribution in [2.75, 3.05) is 169 Å². The molecule has 0 N–H and O–H groups in total. The van der Waals surface area contributed by atoms with Gasteiger partial charge in [0.25, 0.3) is 0 Å². The number of hydrogen-bond donors (Lipinski definition) is 0. The van der Waals surface area contributed by atoms with E-state index in [1.807, 2.05) is 208 Å². The maximum absolute atomic E-state index is 6.33. The molecule has 0 radical (unpaired) electrons. The highest BCUT2D eigenvalue weighted by Gasteiger charge is 2.34. The summed E-state index contributed by atoms with van der Waals surface area (Å²) in [4.78, 5) is 16.0. The molecule has 12 nitrogen and oxygen atoms in total. The number of hydrogen-bond acceptors (Lipinski definition) is 12. The minimum Gasteiger partial charge on any atom is -0.456 e. The molecule has 0 saturated heterocycles. The van der Waals surface area contributed by atoms with Crippen molar-refractivity contribution in [1.82, 2.24) is 39.2 Å². The Kier molecular flexibility index (Phi) is 29.6. The van der Waals surface area contributed by atoms with Crippen molar-refractivity contribution in [3.63, 3.8) is 0 Å². The molecule has 16 aromatic carbocycles. The van der Waals surface area contributed by atoms with E-state index in [0.29, 0.717) is 0 Å². The third kappa shape index (κ3) is 20.2. The lowest BCUT2D eigenvalue weighted by atomic mass is 9.94. The quantitative estimate of drug-likeness (QED) is 0.145. The zero-order valence-electron chi connectivity index (χ0n) is 86.6. The van der Waals surface area contributed by atoms with Gasteiger partial charge >= 0.3 is 0 Å². The summed E-state index contributed by atoms with van der Waals surface area (Å²) in [6, 6.07) is 105. The zero-order chi connectivity index (χ0) is 98.8. The van der Waals surface area contributed by atoms with E-state index in [2.05, 4.69) is 291 Å². The van der Waals surface area contributed by atoms with Gasteiger partial charge in [0.05, 0.1) is 0 Å². The normalized spacial score (nSPS) is 12.6. The van der Waals surface area contributed by atoms with Gasteiger partial charge in [-0.2, -0.15) is 0 Å². The first-order valence-electron chi connectivity index (χ1n) is 48.9. The van der Waals surface area contributed by atoms with Gasteiger partial charge < -0.3 is 56.9 Å².